The van der Waals surface area contributed by atoms with Gasteiger partial charge in [-0.3, -0.25) is 4.68 Å². The molecule has 1 aromatic rings. The molecule has 0 saturated heterocycles. The van der Waals surface area contributed by atoms with Crippen molar-refractivity contribution in [3.63, 3.8) is 0 Å². The monoisotopic (exact) mass is 222 g/mol. The van der Waals surface area contributed by atoms with Gasteiger partial charge in [0.2, 0.25) is 0 Å². The zero-order chi connectivity index (χ0) is 11.5. The van der Waals surface area contributed by atoms with Crippen molar-refractivity contribution in [3.8, 4) is 0 Å². The highest BCUT2D eigenvalue weighted by Crippen LogP contribution is 2.21. The number of nitrogens with two attached hydrogens (primary N) is 1. The molecular formula is C8H13F3N4. The third-order valence-corrected chi connectivity index (χ3v) is 1.87. The smallest absolute Gasteiger partial charge is 0.323 e. The number of aromatic nitrogens is 3. The van der Waals surface area contributed by atoms with Crippen LogP contribution in [0, 0.1) is 0 Å². The van der Waals surface area contributed by atoms with E-state index in [-0.39, 0.29) is 19.0 Å². The number of rotatable bonds is 4. The first-order chi connectivity index (χ1) is 6.88. The van der Waals surface area contributed by atoms with Crippen LogP contribution < -0.4 is 5.73 Å². The molecule has 86 valence electrons. The van der Waals surface area contributed by atoms with Gasteiger partial charge in [-0.1, -0.05) is 5.21 Å². The lowest BCUT2D eigenvalue weighted by Crippen LogP contribution is -2.09. The Morgan fingerprint density at radius 3 is 2.67 bits per heavy atom. The third-order valence-electron chi connectivity index (χ3n) is 1.87. The van der Waals surface area contributed by atoms with Crippen molar-refractivity contribution in [2.45, 2.75) is 38.5 Å². The molecule has 15 heavy (non-hydrogen) atoms. The Morgan fingerprint density at radius 1 is 1.53 bits per heavy atom. The summed E-state index contributed by atoms with van der Waals surface area (Å²) in [4.78, 5) is 0. The lowest BCUT2D eigenvalue weighted by Gasteiger charge is -2.04. The van der Waals surface area contributed by atoms with Crippen molar-refractivity contribution in [1.29, 1.82) is 0 Å². The van der Waals surface area contributed by atoms with Gasteiger partial charge in [0, 0.05) is 19.0 Å². The molecule has 1 aromatic heterocycles. The highest BCUT2D eigenvalue weighted by atomic mass is 19.4. The Hall–Kier alpha value is -1.11. The third kappa shape index (κ3) is 4.28. The summed E-state index contributed by atoms with van der Waals surface area (Å²) in [6.45, 7) is 1.95. The number of hydrogen-bond donors (Lipinski definition) is 1. The van der Waals surface area contributed by atoms with Crippen molar-refractivity contribution in [1.82, 2.24) is 15.0 Å². The van der Waals surface area contributed by atoms with Crippen LogP contribution in [-0.2, 0) is 6.54 Å². The molecule has 1 atom stereocenters. The van der Waals surface area contributed by atoms with E-state index in [1.807, 2.05) is 0 Å². The fourth-order valence-electron chi connectivity index (χ4n) is 1.07. The highest BCUT2D eigenvalue weighted by molar-refractivity contribution is 4.97. The van der Waals surface area contributed by atoms with Gasteiger partial charge in [0.05, 0.1) is 11.9 Å². The average Bonchev–Trinajstić information content (AvgIpc) is 2.50. The van der Waals surface area contributed by atoms with Crippen LogP contribution in [0.5, 0.6) is 0 Å². The summed E-state index contributed by atoms with van der Waals surface area (Å²) in [5.74, 6) is 0. The first kappa shape index (κ1) is 12.0. The second-order valence-electron chi connectivity index (χ2n) is 3.41. The minimum absolute atomic E-state index is 0.00521. The molecule has 2 N–H and O–H groups in total. The van der Waals surface area contributed by atoms with Crippen molar-refractivity contribution < 1.29 is 13.2 Å². The minimum Gasteiger partial charge on any atom is -0.323 e. The van der Waals surface area contributed by atoms with Gasteiger partial charge in [0.1, 0.15) is 0 Å². The molecule has 1 rings (SSSR count). The SMILES string of the molecule is CC(N)c1cn(CCCC(F)(F)F)nn1. The summed E-state index contributed by atoms with van der Waals surface area (Å²) in [6.07, 6.45) is -3.34. The number of aryl methyl sites for hydroxylation is 1. The molecule has 1 unspecified atom stereocenters. The fraction of sp³-hybridized carbons (Fsp3) is 0.750. The predicted octanol–water partition coefficient (Wildman–Crippen LogP) is 1.64. The van der Waals surface area contributed by atoms with E-state index < -0.39 is 12.6 Å². The van der Waals surface area contributed by atoms with Crippen molar-refractivity contribution >= 4 is 0 Å². The first-order valence-corrected chi connectivity index (χ1v) is 4.61. The molecule has 0 bridgehead atoms. The lowest BCUT2D eigenvalue weighted by molar-refractivity contribution is -0.136. The van der Waals surface area contributed by atoms with E-state index in [4.69, 9.17) is 5.73 Å². The summed E-state index contributed by atoms with van der Waals surface area (Å²) in [6, 6.07) is -0.249. The van der Waals surface area contributed by atoms with E-state index in [1.54, 1.807) is 13.1 Å². The number of halogens is 3. The van der Waals surface area contributed by atoms with Gasteiger partial charge in [0.25, 0.3) is 0 Å². The predicted molar refractivity (Wildman–Crippen MR) is 47.9 cm³/mol. The topological polar surface area (TPSA) is 56.7 Å². The van der Waals surface area contributed by atoms with Crippen molar-refractivity contribution in [2.75, 3.05) is 0 Å². The molecule has 0 aliphatic heterocycles. The van der Waals surface area contributed by atoms with Gasteiger partial charge in [0.15, 0.2) is 0 Å². The van der Waals surface area contributed by atoms with E-state index in [0.717, 1.165) is 0 Å². The van der Waals surface area contributed by atoms with Crippen LogP contribution >= 0.6 is 0 Å². The molecule has 0 spiro atoms. The Morgan fingerprint density at radius 2 is 2.20 bits per heavy atom. The molecule has 0 aliphatic rings. The van der Waals surface area contributed by atoms with Crippen molar-refractivity contribution in [2.24, 2.45) is 5.73 Å². The van der Waals surface area contributed by atoms with Gasteiger partial charge in [-0.25, -0.2) is 0 Å². The second kappa shape index (κ2) is 4.61. The van der Waals surface area contributed by atoms with E-state index in [2.05, 4.69) is 10.3 Å². The van der Waals surface area contributed by atoms with E-state index in [0.29, 0.717) is 5.69 Å². The molecule has 4 nitrogen and oxygen atoms in total. The van der Waals surface area contributed by atoms with Crippen LogP contribution in [0.2, 0.25) is 0 Å². The summed E-state index contributed by atoms with van der Waals surface area (Å²) in [5, 5.41) is 7.41. The van der Waals surface area contributed by atoms with Crippen LogP contribution in [0.3, 0.4) is 0 Å². The zero-order valence-corrected chi connectivity index (χ0v) is 8.33. The molecule has 0 fully saturated rings. The van der Waals surface area contributed by atoms with Gasteiger partial charge in [-0.2, -0.15) is 13.2 Å². The van der Waals surface area contributed by atoms with Crippen LogP contribution in [0.1, 0.15) is 31.5 Å². The molecule has 1 heterocycles. The number of alkyl halides is 3. The van der Waals surface area contributed by atoms with Crippen LogP contribution in [0.15, 0.2) is 6.20 Å². The molecular weight excluding hydrogens is 209 g/mol. The summed E-state index contributed by atoms with van der Waals surface area (Å²) < 4.78 is 36.9. The maximum atomic E-state index is 11.8. The number of hydrogen-bond acceptors (Lipinski definition) is 3. The Bertz CT molecular complexity index is 305. The second-order valence-corrected chi connectivity index (χ2v) is 3.41. The Labute approximate surface area is 85.3 Å². The van der Waals surface area contributed by atoms with Gasteiger partial charge in [-0.05, 0) is 13.3 Å². The molecule has 0 saturated carbocycles. The maximum Gasteiger partial charge on any atom is 0.389 e. The molecule has 0 radical (unpaired) electrons. The lowest BCUT2D eigenvalue weighted by atomic mass is 10.3. The summed E-state index contributed by atoms with van der Waals surface area (Å²) in [5.41, 5.74) is 6.11. The van der Waals surface area contributed by atoms with Gasteiger partial charge >= 0.3 is 6.18 Å². The Kier molecular flexibility index (Phi) is 3.67. The zero-order valence-electron chi connectivity index (χ0n) is 8.33. The molecule has 0 amide bonds. The van der Waals surface area contributed by atoms with E-state index in [9.17, 15) is 13.2 Å². The largest absolute Gasteiger partial charge is 0.389 e. The molecule has 7 heteroatoms. The average molecular weight is 222 g/mol. The quantitative estimate of drug-likeness (QED) is 0.842. The van der Waals surface area contributed by atoms with Crippen molar-refractivity contribution in [3.05, 3.63) is 11.9 Å². The van der Waals surface area contributed by atoms with Crippen LogP contribution in [0.25, 0.3) is 0 Å². The summed E-state index contributed by atoms with van der Waals surface area (Å²) in [7, 11) is 0. The molecule has 0 aliphatic carbocycles. The van der Waals surface area contributed by atoms with E-state index in [1.165, 1.54) is 4.68 Å². The number of nitrogens with zero attached hydrogens (tertiary/aromatic N) is 3. The minimum atomic E-state index is -4.11. The Balaban J connectivity index is 2.38. The fourth-order valence-corrected chi connectivity index (χ4v) is 1.07. The van der Waals surface area contributed by atoms with Crippen LogP contribution in [-0.4, -0.2) is 21.2 Å². The highest BCUT2D eigenvalue weighted by Gasteiger charge is 2.26. The maximum absolute atomic E-state index is 11.8. The van der Waals surface area contributed by atoms with Gasteiger partial charge in [-0.15, -0.1) is 5.10 Å². The van der Waals surface area contributed by atoms with Gasteiger partial charge < -0.3 is 5.73 Å². The molecule has 0 aromatic carbocycles. The normalized spacial score (nSPS) is 14.2. The van der Waals surface area contributed by atoms with E-state index >= 15 is 0 Å². The summed E-state index contributed by atoms with van der Waals surface area (Å²) >= 11 is 0. The van der Waals surface area contributed by atoms with Crippen LogP contribution in [0.4, 0.5) is 13.2 Å². The first-order valence-electron chi connectivity index (χ1n) is 4.61. The standard InChI is InChI=1S/C8H13F3N4/c1-6(12)7-5-15(14-13-7)4-2-3-8(9,10)11/h5-6H,2-4,12H2,1H3.